The largest absolute Gasteiger partial charge is 0.352 e. The maximum atomic E-state index is 12.1. The van der Waals surface area contributed by atoms with E-state index in [-0.39, 0.29) is 17.7 Å². The molecule has 1 aliphatic carbocycles. The average molecular weight is 301 g/mol. The molecule has 1 saturated heterocycles. The van der Waals surface area contributed by atoms with Crippen LogP contribution in [0, 0.1) is 11.8 Å². The van der Waals surface area contributed by atoms with Crippen molar-refractivity contribution in [1.29, 1.82) is 0 Å². The maximum Gasteiger partial charge on any atom is 0.251 e. The van der Waals surface area contributed by atoms with E-state index >= 15 is 0 Å². The standard InChI is InChI=1S/C17H23N3O2/c21-16(19-10-8-12-7-9-18-11-12)13-3-5-15(6-4-13)20-17(22)14-1-2-14/h3-6,12,14,18H,1-2,7-11H2,(H,19,21)(H,20,22). The van der Waals surface area contributed by atoms with Crippen LogP contribution in [0.15, 0.2) is 24.3 Å². The van der Waals surface area contributed by atoms with Crippen molar-refractivity contribution in [2.24, 2.45) is 11.8 Å². The van der Waals surface area contributed by atoms with E-state index < -0.39 is 0 Å². The molecule has 1 aromatic carbocycles. The molecule has 0 radical (unpaired) electrons. The van der Waals surface area contributed by atoms with Gasteiger partial charge in [-0.2, -0.15) is 0 Å². The fourth-order valence-corrected chi connectivity index (χ4v) is 2.75. The summed E-state index contributed by atoms with van der Waals surface area (Å²) in [6, 6.07) is 7.09. The molecule has 0 aromatic heterocycles. The van der Waals surface area contributed by atoms with Crippen LogP contribution < -0.4 is 16.0 Å². The number of anilines is 1. The van der Waals surface area contributed by atoms with Crippen molar-refractivity contribution in [2.45, 2.75) is 25.7 Å². The first kappa shape index (κ1) is 15.0. The van der Waals surface area contributed by atoms with Gasteiger partial charge < -0.3 is 16.0 Å². The number of nitrogens with one attached hydrogen (secondary N) is 3. The lowest BCUT2D eigenvalue weighted by molar-refractivity contribution is -0.117. The summed E-state index contributed by atoms with van der Waals surface area (Å²) in [5, 5.41) is 9.16. The van der Waals surface area contributed by atoms with Crippen molar-refractivity contribution in [3.8, 4) is 0 Å². The number of carbonyl (C=O) groups excluding carboxylic acids is 2. The predicted octanol–water partition coefficient (Wildman–Crippen LogP) is 1.76. The van der Waals surface area contributed by atoms with Crippen LogP contribution in [0.25, 0.3) is 0 Å². The van der Waals surface area contributed by atoms with Crippen LogP contribution in [-0.2, 0) is 4.79 Å². The Kier molecular flexibility index (Phi) is 4.73. The molecule has 1 saturated carbocycles. The minimum atomic E-state index is -0.0500. The summed E-state index contributed by atoms with van der Waals surface area (Å²) in [7, 11) is 0. The summed E-state index contributed by atoms with van der Waals surface area (Å²) in [5.74, 6) is 0.904. The van der Waals surface area contributed by atoms with Gasteiger partial charge in [-0.3, -0.25) is 9.59 Å². The quantitative estimate of drug-likeness (QED) is 0.750. The summed E-state index contributed by atoms with van der Waals surface area (Å²) < 4.78 is 0. The summed E-state index contributed by atoms with van der Waals surface area (Å²) in [5.41, 5.74) is 1.39. The van der Waals surface area contributed by atoms with Gasteiger partial charge in [-0.05, 0) is 69.0 Å². The van der Waals surface area contributed by atoms with Gasteiger partial charge >= 0.3 is 0 Å². The Morgan fingerprint density at radius 2 is 1.91 bits per heavy atom. The summed E-state index contributed by atoms with van der Waals surface area (Å²) in [4.78, 5) is 23.7. The highest BCUT2D eigenvalue weighted by Gasteiger charge is 2.29. The Hall–Kier alpha value is -1.88. The van der Waals surface area contributed by atoms with Crippen molar-refractivity contribution in [3.05, 3.63) is 29.8 Å². The van der Waals surface area contributed by atoms with Crippen LogP contribution in [0.3, 0.4) is 0 Å². The molecule has 3 N–H and O–H groups in total. The Balaban J connectivity index is 1.44. The average Bonchev–Trinajstić information content (AvgIpc) is 3.26. The second kappa shape index (κ2) is 6.92. The molecule has 5 heteroatoms. The van der Waals surface area contributed by atoms with Gasteiger partial charge in [0.05, 0.1) is 0 Å². The Labute approximate surface area is 130 Å². The van der Waals surface area contributed by atoms with E-state index in [0.29, 0.717) is 18.0 Å². The first-order valence-electron chi connectivity index (χ1n) is 8.12. The van der Waals surface area contributed by atoms with Crippen molar-refractivity contribution < 1.29 is 9.59 Å². The molecule has 5 nitrogen and oxygen atoms in total. The van der Waals surface area contributed by atoms with Gasteiger partial charge in [0, 0.05) is 23.7 Å². The third-order valence-electron chi connectivity index (χ3n) is 4.36. The lowest BCUT2D eigenvalue weighted by Gasteiger charge is -2.10. The monoisotopic (exact) mass is 301 g/mol. The van der Waals surface area contributed by atoms with Gasteiger partial charge in [0.25, 0.3) is 5.91 Å². The topological polar surface area (TPSA) is 70.2 Å². The normalized spacial score (nSPS) is 20.6. The van der Waals surface area contributed by atoms with E-state index in [1.54, 1.807) is 24.3 Å². The van der Waals surface area contributed by atoms with E-state index in [2.05, 4.69) is 16.0 Å². The minimum Gasteiger partial charge on any atom is -0.352 e. The van der Waals surface area contributed by atoms with Crippen molar-refractivity contribution in [3.63, 3.8) is 0 Å². The van der Waals surface area contributed by atoms with Gasteiger partial charge in [0.2, 0.25) is 5.91 Å². The molecule has 1 aliphatic heterocycles. The third kappa shape index (κ3) is 4.07. The number of hydrogen-bond acceptors (Lipinski definition) is 3. The molecule has 2 fully saturated rings. The van der Waals surface area contributed by atoms with Crippen LogP contribution in [0.4, 0.5) is 5.69 Å². The van der Waals surface area contributed by atoms with Gasteiger partial charge in [-0.25, -0.2) is 0 Å². The first-order chi connectivity index (χ1) is 10.7. The van der Waals surface area contributed by atoms with Gasteiger partial charge in [0.1, 0.15) is 0 Å². The van der Waals surface area contributed by atoms with E-state index in [4.69, 9.17) is 0 Å². The zero-order chi connectivity index (χ0) is 15.4. The second-order valence-corrected chi connectivity index (χ2v) is 6.24. The first-order valence-corrected chi connectivity index (χ1v) is 8.12. The fraction of sp³-hybridized carbons (Fsp3) is 0.529. The number of benzene rings is 1. The van der Waals surface area contributed by atoms with Crippen molar-refractivity contribution in [2.75, 3.05) is 25.0 Å². The van der Waals surface area contributed by atoms with Crippen LogP contribution in [0.2, 0.25) is 0 Å². The minimum absolute atomic E-state index is 0.0500. The lowest BCUT2D eigenvalue weighted by atomic mass is 10.1. The molecule has 3 rings (SSSR count). The maximum absolute atomic E-state index is 12.1. The van der Waals surface area contributed by atoms with Crippen LogP contribution >= 0.6 is 0 Å². The Morgan fingerprint density at radius 1 is 1.14 bits per heavy atom. The molecule has 2 aliphatic rings. The van der Waals surface area contributed by atoms with Crippen molar-refractivity contribution >= 4 is 17.5 Å². The molecule has 1 aromatic rings. The highest BCUT2D eigenvalue weighted by Crippen LogP contribution is 2.30. The molecule has 118 valence electrons. The molecule has 2 amide bonds. The van der Waals surface area contributed by atoms with E-state index in [0.717, 1.165) is 38.0 Å². The number of carbonyl (C=O) groups is 2. The van der Waals surface area contributed by atoms with Crippen LogP contribution in [-0.4, -0.2) is 31.4 Å². The Bertz CT molecular complexity index is 531. The zero-order valence-corrected chi connectivity index (χ0v) is 12.7. The van der Waals surface area contributed by atoms with E-state index in [1.807, 2.05) is 0 Å². The van der Waals surface area contributed by atoms with E-state index in [1.165, 1.54) is 6.42 Å². The highest BCUT2D eigenvalue weighted by molar-refractivity contribution is 5.96. The second-order valence-electron chi connectivity index (χ2n) is 6.24. The zero-order valence-electron chi connectivity index (χ0n) is 12.7. The van der Waals surface area contributed by atoms with Gasteiger partial charge in [0.15, 0.2) is 0 Å². The predicted molar refractivity (Wildman–Crippen MR) is 85.7 cm³/mol. The molecule has 1 atom stereocenters. The Morgan fingerprint density at radius 3 is 2.55 bits per heavy atom. The molecule has 0 bridgehead atoms. The molecule has 22 heavy (non-hydrogen) atoms. The number of amides is 2. The van der Waals surface area contributed by atoms with Gasteiger partial charge in [-0.15, -0.1) is 0 Å². The summed E-state index contributed by atoms with van der Waals surface area (Å²) >= 11 is 0. The molecule has 0 spiro atoms. The highest BCUT2D eigenvalue weighted by atomic mass is 16.2. The summed E-state index contributed by atoms with van der Waals surface area (Å²) in [6.07, 6.45) is 4.20. The molecular weight excluding hydrogens is 278 g/mol. The van der Waals surface area contributed by atoms with E-state index in [9.17, 15) is 9.59 Å². The molecular formula is C17H23N3O2. The SMILES string of the molecule is O=C(NCCC1CCNC1)c1ccc(NC(=O)C2CC2)cc1. The number of rotatable bonds is 6. The lowest BCUT2D eigenvalue weighted by Crippen LogP contribution is -2.26. The smallest absolute Gasteiger partial charge is 0.251 e. The van der Waals surface area contributed by atoms with Crippen molar-refractivity contribution in [1.82, 2.24) is 10.6 Å². The van der Waals surface area contributed by atoms with Gasteiger partial charge in [-0.1, -0.05) is 0 Å². The third-order valence-corrected chi connectivity index (χ3v) is 4.36. The van der Waals surface area contributed by atoms with Crippen LogP contribution in [0.5, 0.6) is 0 Å². The molecule has 1 heterocycles. The summed E-state index contributed by atoms with van der Waals surface area (Å²) in [6.45, 7) is 2.86. The fourth-order valence-electron chi connectivity index (χ4n) is 2.75. The molecule has 1 unspecified atom stereocenters. The number of hydrogen-bond donors (Lipinski definition) is 3. The van der Waals surface area contributed by atoms with Crippen LogP contribution in [0.1, 0.15) is 36.0 Å².